The van der Waals surface area contributed by atoms with Crippen LogP contribution in [0.5, 0.6) is 0 Å². The molecule has 0 unspecified atom stereocenters. The number of nitrogens with zero attached hydrogens (tertiary/aromatic N) is 2. The minimum atomic E-state index is -0.0409. The Morgan fingerprint density at radius 3 is 2.76 bits per heavy atom. The molecule has 5 heteroatoms. The Morgan fingerprint density at radius 2 is 2.00 bits per heavy atom. The average Bonchev–Trinajstić information content (AvgIpc) is 3.17. The van der Waals surface area contributed by atoms with Crippen LogP contribution in [0.1, 0.15) is 20.8 Å². The number of hydrogen-bond acceptors (Lipinski definition) is 3. The van der Waals surface area contributed by atoms with E-state index in [0.29, 0.717) is 6.54 Å². The molecule has 2 heterocycles. The summed E-state index contributed by atoms with van der Waals surface area (Å²) >= 11 is 1.44. The highest BCUT2D eigenvalue weighted by Crippen LogP contribution is 2.08. The molecule has 0 radical (unpaired) electrons. The Kier molecular flexibility index (Phi) is 4.12. The Labute approximate surface area is 127 Å². The molecule has 0 saturated heterocycles. The van der Waals surface area contributed by atoms with Gasteiger partial charge in [-0.3, -0.25) is 9.48 Å². The number of carbonyl (C=O) groups excluding carboxylic acids is 1. The standard InChI is InChI=1S/C16H15N3OS/c20-16(15-7-4-8-21-15)17-9-14-10-18-19(12-14)11-13-5-2-1-3-6-13/h1-8,10,12H,9,11H2,(H,17,20). The highest BCUT2D eigenvalue weighted by Gasteiger charge is 2.06. The van der Waals surface area contributed by atoms with Crippen LogP contribution < -0.4 is 5.32 Å². The summed E-state index contributed by atoms with van der Waals surface area (Å²) in [5.74, 6) is -0.0409. The predicted molar refractivity (Wildman–Crippen MR) is 83.3 cm³/mol. The number of amides is 1. The number of hydrogen-bond donors (Lipinski definition) is 1. The van der Waals surface area contributed by atoms with Crippen molar-refractivity contribution in [1.82, 2.24) is 15.1 Å². The second-order valence-corrected chi connectivity index (χ2v) is 5.64. The van der Waals surface area contributed by atoms with Gasteiger partial charge in [0, 0.05) is 18.3 Å². The van der Waals surface area contributed by atoms with Gasteiger partial charge < -0.3 is 5.32 Å². The van der Waals surface area contributed by atoms with Crippen LogP contribution in [-0.2, 0) is 13.1 Å². The van der Waals surface area contributed by atoms with Gasteiger partial charge in [0.05, 0.1) is 17.6 Å². The molecule has 1 N–H and O–H groups in total. The fourth-order valence-electron chi connectivity index (χ4n) is 2.03. The van der Waals surface area contributed by atoms with Gasteiger partial charge in [-0.25, -0.2) is 0 Å². The third-order valence-electron chi connectivity index (χ3n) is 3.07. The van der Waals surface area contributed by atoms with Crippen LogP contribution in [0.15, 0.2) is 60.2 Å². The monoisotopic (exact) mass is 297 g/mol. The molecule has 0 bridgehead atoms. The Morgan fingerprint density at radius 1 is 1.14 bits per heavy atom. The van der Waals surface area contributed by atoms with E-state index in [4.69, 9.17) is 0 Å². The summed E-state index contributed by atoms with van der Waals surface area (Å²) < 4.78 is 1.88. The van der Waals surface area contributed by atoms with E-state index >= 15 is 0 Å². The van der Waals surface area contributed by atoms with Gasteiger partial charge in [-0.2, -0.15) is 5.10 Å². The number of carbonyl (C=O) groups is 1. The van der Waals surface area contributed by atoms with E-state index in [9.17, 15) is 4.79 Å². The molecule has 4 nitrogen and oxygen atoms in total. The third kappa shape index (κ3) is 3.58. The van der Waals surface area contributed by atoms with E-state index in [-0.39, 0.29) is 5.91 Å². The molecule has 1 amide bonds. The average molecular weight is 297 g/mol. The van der Waals surface area contributed by atoms with Gasteiger partial charge >= 0.3 is 0 Å². The molecule has 3 rings (SSSR count). The lowest BCUT2D eigenvalue weighted by atomic mass is 10.2. The molecule has 3 aromatic rings. The summed E-state index contributed by atoms with van der Waals surface area (Å²) in [6, 6.07) is 13.9. The van der Waals surface area contributed by atoms with Crippen molar-refractivity contribution in [3.05, 3.63) is 76.2 Å². The lowest BCUT2D eigenvalue weighted by Crippen LogP contribution is -2.21. The first kappa shape index (κ1) is 13.6. The molecule has 106 valence electrons. The van der Waals surface area contributed by atoms with Crippen molar-refractivity contribution in [2.75, 3.05) is 0 Å². The first-order valence-electron chi connectivity index (χ1n) is 6.68. The van der Waals surface area contributed by atoms with Crippen LogP contribution in [-0.4, -0.2) is 15.7 Å². The van der Waals surface area contributed by atoms with Crippen molar-refractivity contribution in [2.24, 2.45) is 0 Å². The highest BCUT2D eigenvalue weighted by molar-refractivity contribution is 7.12. The molecule has 0 aliphatic carbocycles. The van der Waals surface area contributed by atoms with Crippen LogP contribution in [0.2, 0.25) is 0 Å². The zero-order valence-electron chi connectivity index (χ0n) is 11.4. The zero-order chi connectivity index (χ0) is 14.5. The molecule has 2 aromatic heterocycles. The topological polar surface area (TPSA) is 46.9 Å². The van der Waals surface area contributed by atoms with E-state index in [1.807, 2.05) is 46.6 Å². The SMILES string of the molecule is O=C(NCc1cnn(Cc2ccccc2)c1)c1cccs1. The van der Waals surface area contributed by atoms with Crippen molar-refractivity contribution in [2.45, 2.75) is 13.1 Å². The quantitative estimate of drug-likeness (QED) is 0.787. The smallest absolute Gasteiger partial charge is 0.261 e. The van der Waals surface area contributed by atoms with Gasteiger partial charge in [0.25, 0.3) is 5.91 Å². The molecular weight excluding hydrogens is 282 g/mol. The molecule has 0 spiro atoms. The van der Waals surface area contributed by atoms with Crippen molar-refractivity contribution in [1.29, 1.82) is 0 Å². The third-order valence-corrected chi connectivity index (χ3v) is 3.94. The van der Waals surface area contributed by atoms with Crippen LogP contribution >= 0.6 is 11.3 Å². The summed E-state index contributed by atoms with van der Waals surface area (Å²) in [4.78, 5) is 12.6. The number of aromatic nitrogens is 2. The molecule has 0 saturated carbocycles. The summed E-state index contributed by atoms with van der Waals surface area (Å²) in [7, 11) is 0. The molecule has 1 aromatic carbocycles. The van der Waals surface area contributed by atoms with Crippen molar-refractivity contribution < 1.29 is 4.79 Å². The normalized spacial score (nSPS) is 10.5. The second kappa shape index (κ2) is 6.37. The molecule has 0 aliphatic rings. The summed E-state index contributed by atoms with van der Waals surface area (Å²) in [6.07, 6.45) is 3.75. The lowest BCUT2D eigenvalue weighted by molar-refractivity contribution is 0.0955. The molecule has 0 fully saturated rings. The van der Waals surface area contributed by atoms with Gasteiger partial charge in [0.1, 0.15) is 0 Å². The number of benzene rings is 1. The van der Waals surface area contributed by atoms with E-state index in [2.05, 4.69) is 22.5 Å². The number of nitrogens with one attached hydrogen (secondary N) is 1. The minimum absolute atomic E-state index is 0.0409. The van der Waals surface area contributed by atoms with Crippen molar-refractivity contribution in [3.63, 3.8) is 0 Å². The van der Waals surface area contributed by atoms with Crippen LogP contribution in [0, 0.1) is 0 Å². The van der Waals surface area contributed by atoms with E-state index in [1.165, 1.54) is 16.9 Å². The van der Waals surface area contributed by atoms with E-state index in [0.717, 1.165) is 17.0 Å². The molecule has 21 heavy (non-hydrogen) atoms. The molecule has 0 aliphatic heterocycles. The van der Waals surface area contributed by atoms with Gasteiger partial charge in [0.15, 0.2) is 0 Å². The summed E-state index contributed by atoms with van der Waals surface area (Å²) in [6.45, 7) is 1.23. The van der Waals surface area contributed by atoms with Gasteiger partial charge in [-0.15, -0.1) is 11.3 Å². The van der Waals surface area contributed by atoms with Crippen LogP contribution in [0.4, 0.5) is 0 Å². The Balaban J connectivity index is 1.57. The maximum atomic E-state index is 11.8. The van der Waals surface area contributed by atoms with Gasteiger partial charge in [-0.1, -0.05) is 36.4 Å². The summed E-state index contributed by atoms with van der Waals surface area (Å²) in [5.41, 5.74) is 2.20. The number of thiophene rings is 1. The number of rotatable bonds is 5. The second-order valence-electron chi connectivity index (χ2n) is 4.69. The van der Waals surface area contributed by atoms with Gasteiger partial charge in [0.2, 0.25) is 0 Å². The lowest BCUT2D eigenvalue weighted by Gasteiger charge is -2.02. The molecular formula is C16H15N3OS. The fourth-order valence-corrected chi connectivity index (χ4v) is 2.67. The van der Waals surface area contributed by atoms with E-state index < -0.39 is 0 Å². The maximum absolute atomic E-state index is 11.8. The molecule has 0 atom stereocenters. The van der Waals surface area contributed by atoms with Crippen molar-refractivity contribution >= 4 is 17.2 Å². The highest BCUT2D eigenvalue weighted by atomic mass is 32.1. The van der Waals surface area contributed by atoms with Crippen LogP contribution in [0.25, 0.3) is 0 Å². The fraction of sp³-hybridized carbons (Fsp3) is 0.125. The first-order valence-corrected chi connectivity index (χ1v) is 7.56. The van der Waals surface area contributed by atoms with Crippen LogP contribution in [0.3, 0.4) is 0 Å². The zero-order valence-corrected chi connectivity index (χ0v) is 12.2. The van der Waals surface area contributed by atoms with Crippen molar-refractivity contribution in [3.8, 4) is 0 Å². The Bertz CT molecular complexity index is 704. The van der Waals surface area contributed by atoms with Gasteiger partial charge in [-0.05, 0) is 17.0 Å². The first-order chi connectivity index (χ1) is 10.3. The summed E-state index contributed by atoms with van der Waals surface area (Å²) in [5, 5.41) is 9.11. The van der Waals surface area contributed by atoms with E-state index in [1.54, 1.807) is 6.20 Å². The largest absolute Gasteiger partial charge is 0.347 e. The Hall–Kier alpha value is -2.40. The predicted octanol–water partition coefficient (Wildman–Crippen LogP) is 2.92. The minimum Gasteiger partial charge on any atom is -0.347 e. The maximum Gasteiger partial charge on any atom is 0.261 e.